The molecule has 0 aromatic carbocycles. The van der Waals surface area contributed by atoms with E-state index in [2.05, 4.69) is 5.32 Å². The van der Waals surface area contributed by atoms with Gasteiger partial charge in [-0.15, -0.1) is 0 Å². The van der Waals surface area contributed by atoms with E-state index in [1.54, 1.807) is 14.1 Å². The number of nitrogens with one attached hydrogen (secondary N) is 1. The van der Waals surface area contributed by atoms with E-state index in [4.69, 9.17) is 5.73 Å². The van der Waals surface area contributed by atoms with Crippen molar-refractivity contribution >= 4 is 11.8 Å². The molecule has 0 saturated carbocycles. The minimum atomic E-state index is -0.00722. The van der Waals surface area contributed by atoms with Crippen LogP contribution in [0, 0.1) is 0 Å². The second-order valence-electron chi connectivity index (χ2n) is 4.26. The first-order chi connectivity index (χ1) is 7.43. The van der Waals surface area contributed by atoms with Crippen LogP contribution in [0.5, 0.6) is 0 Å². The van der Waals surface area contributed by atoms with E-state index in [0.717, 1.165) is 12.8 Å². The maximum atomic E-state index is 11.3. The molecule has 0 aliphatic heterocycles. The summed E-state index contributed by atoms with van der Waals surface area (Å²) >= 11 is 0. The van der Waals surface area contributed by atoms with Crippen molar-refractivity contribution in [1.82, 2.24) is 10.2 Å². The average Bonchev–Trinajstić information content (AvgIpc) is 2.16. The third-order valence-corrected chi connectivity index (χ3v) is 2.22. The van der Waals surface area contributed by atoms with Crippen LogP contribution in [-0.4, -0.2) is 43.4 Å². The molecule has 0 aromatic heterocycles. The van der Waals surface area contributed by atoms with Crippen molar-refractivity contribution in [1.29, 1.82) is 0 Å². The van der Waals surface area contributed by atoms with Crippen molar-refractivity contribution in [3.8, 4) is 0 Å². The Kier molecular flexibility index (Phi) is 7.54. The van der Waals surface area contributed by atoms with E-state index >= 15 is 0 Å². The van der Waals surface area contributed by atoms with Gasteiger partial charge < -0.3 is 16.0 Å². The van der Waals surface area contributed by atoms with E-state index in [1.165, 1.54) is 4.90 Å². The number of rotatable bonds is 7. The Morgan fingerprint density at radius 3 is 2.44 bits per heavy atom. The fraction of sp³-hybridized carbons (Fsp3) is 0.818. The Bertz CT molecular complexity index is 227. The van der Waals surface area contributed by atoms with E-state index in [9.17, 15) is 9.59 Å². The average molecular weight is 229 g/mol. The number of nitrogens with two attached hydrogens (primary N) is 1. The van der Waals surface area contributed by atoms with Crippen LogP contribution < -0.4 is 11.1 Å². The number of hydrogen-bond donors (Lipinski definition) is 2. The summed E-state index contributed by atoms with van der Waals surface area (Å²) in [6, 6.07) is 0.142. The highest BCUT2D eigenvalue weighted by atomic mass is 16.2. The Labute approximate surface area is 97.4 Å². The molecule has 0 aromatic rings. The van der Waals surface area contributed by atoms with Gasteiger partial charge in [-0.3, -0.25) is 9.59 Å². The van der Waals surface area contributed by atoms with Crippen molar-refractivity contribution in [2.75, 3.05) is 20.6 Å². The van der Waals surface area contributed by atoms with Crippen molar-refractivity contribution in [3.05, 3.63) is 0 Å². The molecule has 0 rings (SSSR count). The van der Waals surface area contributed by atoms with Crippen molar-refractivity contribution in [2.45, 2.75) is 38.6 Å². The van der Waals surface area contributed by atoms with Crippen LogP contribution in [0.15, 0.2) is 0 Å². The molecule has 0 saturated heterocycles. The summed E-state index contributed by atoms with van der Waals surface area (Å²) in [6.07, 6.45) is 2.49. The Hall–Kier alpha value is -1.10. The Balaban J connectivity index is 3.48. The van der Waals surface area contributed by atoms with Gasteiger partial charge in [-0.05, 0) is 19.8 Å². The summed E-state index contributed by atoms with van der Waals surface area (Å²) in [7, 11) is 3.40. The van der Waals surface area contributed by atoms with Crippen LogP contribution in [-0.2, 0) is 9.59 Å². The van der Waals surface area contributed by atoms with Gasteiger partial charge in [0.05, 0.1) is 0 Å². The summed E-state index contributed by atoms with van der Waals surface area (Å²) in [5.74, 6) is 0.0167. The maximum Gasteiger partial charge on any atom is 0.223 e. The zero-order valence-electron chi connectivity index (χ0n) is 10.5. The third kappa shape index (κ3) is 8.23. The molecule has 1 atom stereocenters. The first-order valence-electron chi connectivity index (χ1n) is 5.66. The number of nitrogens with zero attached hydrogens (tertiary/aromatic N) is 1. The van der Waals surface area contributed by atoms with Crippen LogP contribution in [0.1, 0.15) is 32.6 Å². The SMILES string of the molecule is CC(N)CCCC(=O)NCCC(=O)N(C)C. The van der Waals surface area contributed by atoms with Crippen molar-refractivity contribution in [3.63, 3.8) is 0 Å². The van der Waals surface area contributed by atoms with E-state index in [0.29, 0.717) is 19.4 Å². The van der Waals surface area contributed by atoms with Crippen LogP contribution in [0.3, 0.4) is 0 Å². The monoisotopic (exact) mass is 229 g/mol. The Morgan fingerprint density at radius 2 is 1.94 bits per heavy atom. The van der Waals surface area contributed by atoms with Gasteiger partial charge in [0.2, 0.25) is 11.8 Å². The van der Waals surface area contributed by atoms with Gasteiger partial charge in [-0.25, -0.2) is 0 Å². The second kappa shape index (κ2) is 8.10. The maximum absolute atomic E-state index is 11.3. The highest BCUT2D eigenvalue weighted by molar-refractivity contribution is 5.78. The molecule has 3 N–H and O–H groups in total. The van der Waals surface area contributed by atoms with Gasteiger partial charge in [0.1, 0.15) is 0 Å². The lowest BCUT2D eigenvalue weighted by atomic mass is 10.1. The predicted octanol–water partition coefficient (Wildman–Crippen LogP) is 0.0984. The van der Waals surface area contributed by atoms with E-state index in [1.807, 2.05) is 6.92 Å². The van der Waals surface area contributed by atoms with Gasteiger partial charge in [-0.1, -0.05) is 0 Å². The van der Waals surface area contributed by atoms with Crippen molar-refractivity contribution in [2.24, 2.45) is 5.73 Å². The normalized spacial score (nSPS) is 12.0. The van der Waals surface area contributed by atoms with E-state index < -0.39 is 0 Å². The molecule has 0 aliphatic carbocycles. The molecule has 0 aliphatic rings. The fourth-order valence-corrected chi connectivity index (χ4v) is 1.21. The minimum Gasteiger partial charge on any atom is -0.356 e. The van der Waals surface area contributed by atoms with Gasteiger partial charge in [0, 0.05) is 39.5 Å². The largest absolute Gasteiger partial charge is 0.356 e. The van der Waals surface area contributed by atoms with Crippen LogP contribution in [0.2, 0.25) is 0 Å². The smallest absolute Gasteiger partial charge is 0.223 e. The lowest BCUT2D eigenvalue weighted by Crippen LogP contribution is -2.30. The molecule has 0 heterocycles. The first-order valence-corrected chi connectivity index (χ1v) is 5.66. The summed E-state index contributed by atoms with van der Waals surface area (Å²) in [6.45, 7) is 2.34. The minimum absolute atomic E-state index is 0.00722. The second-order valence-corrected chi connectivity index (χ2v) is 4.26. The standard InChI is InChI=1S/C11H23N3O2/c1-9(12)5-4-6-10(15)13-8-7-11(16)14(2)3/h9H,4-8,12H2,1-3H3,(H,13,15). The van der Waals surface area contributed by atoms with Gasteiger partial charge in [0.15, 0.2) is 0 Å². The van der Waals surface area contributed by atoms with Gasteiger partial charge >= 0.3 is 0 Å². The molecule has 16 heavy (non-hydrogen) atoms. The quantitative estimate of drug-likeness (QED) is 0.650. The molecule has 0 bridgehead atoms. The van der Waals surface area contributed by atoms with E-state index in [-0.39, 0.29) is 17.9 Å². The molecule has 5 heteroatoms. The molecule has 2 amide bonds. The lowest BCUT2D eigenvalue weighted by Gasteiger charge is -2.10. The van der Waals surface area contributed by atoms with Crippen LogP contribution in [0.4, 0.5) is 0 Å². The topological polar surface area (TPSA) is 75.4 Å². The third-order valence-electron chi connectivity index (χ3n) is 2.22. The van der Waals surface area contributed by atoms with Crippen molar-refractivity contribution < 1.29 is 9.59 Å². The molecule has 5 nitrogen and oxygen atoms in total. The molecule has 0 spiro atoms. The first kappa shape index (κ1) is 14.9. The molecular weight excluding hydrogens is 206 g/mol. The zero-order chi connectivity index (χ0) is 12.6. The predicted molar refractivity (Wildman–Crippen MR) is 63.8 cm³/mol. The molecule has 1 unspecified atom stereocenters. The molecule has 94 valence electrons. The molecule has 0 fully saturated rings. The van der Waals surface area contributed by atoms with Gasteiger partial charge in [0.25, 0.3) is 0 Å². The summed E-state index contributed by atoms with van der Waals surface area (Å²) < 4.78 is 0. The highest BCUT2D eigenvalue weighted by Gasteiger charge is 2.05. The fourth-order valence-electron chi connectivity index (χ4n) is 1.21. The molecular formula is C11H23N3O2. The summed E-state index contributed by atoms with van der Waals surface area (Å²) in [5.41, 5.74) is 5.57. The van der Waals surface area contributed by atoms with Gasteiger partial charge in [-0.2, -0.15) is 0 Å². The molecule has 0 radical (unpaired) electrons. The number of carbonyl (C=O) groups is 2. The Morgan fingerprint density at radius 1 is 1.31 bits per heavy atom. The number of hydrogen-bond acceptors (Lipinski definition) is 3. The van der Waals surface area contributed by atoms with Crippen LogP contribution in [0.25, 0.3) is 0 Å². The number of amides is 2. The lowest BCUT2D eigenvalue weighted by molar-refractivity contribution is -0.128. The highest BCUT2D eigenvalue weighted by Crippen LogP contribution is 1.98. The zero-order valence-corrected chi connectivity index (χ0v) is 10.5. The summed E-state index contributed by atoms with van der Waals surface area (Å²) in [4.78, 5) is 24.0. The number of carbonyl (C=O) groups excluding carboxylic acids is 2. The van der Waals surface area contributed by atoms with Crippen LogP contribution >= 0.6 is 0 Å². The summed E-state index contributed by atoms with van der Waals surface area (Å²) in [5, 5.41) is 2.71.